The molecule has 0 saturated carbocycles. The number of benzene rings is 4. The number of nitrogens with one attached hydrogen (secondary N) is 1. The van der Waals surface area contributed by atoms with Crippen LogP contribution in [0, 0.1) is 18.3 Å². The van der Waals surface area contributed by atoms with Crippen LogP contribution in [0.2, 0.25) is 0 Å². The lowest BCUT2D eigenvalue weighted by Crippen LogP contribution is -2.33. The number of carbonyl (C=O) groups is 3. The Labute approximate surface area is 292 Å². The van der Waals surface area contributed by atoms with E-state index in [1.54, 1.807) is 70.3 Å². The molecule has 11 nitrogen and oxygen atoms in total. The Morgan fingerprint density at radius 3 is 2.28 bits per heavy atom. The summed E-state index contributed by atoms with van der Waals surface area (Å²) in [6.45, 7) is 8.07. The van der Waals surface area contributed by atoms with Crippen molar-refractivity contribution >= 4 is 29.2 Å². The highest BCUT2D eigenvalue weighted by atomic mass is 16.6. The molecule has 3 N–H and O–H groups in total. The SMILES string of the molecule is COc1c(C(=O)c2ccccc2OCCCNC(=O)OC(C)(C)C)ccc(C(=O)N(C)c2ccc(C)cc2OCc2ccc(C#N)cc2)c1N. The first-order valence-electron chi connectivity index (χ1n) is 16.0. The molecule has 4 aromatic carbocycles. The molecule has 0 atom stereocenters. The molecule has 0 heterocycles. The van der Waals surface area contributed by atoms with Gasteiger partial charge in [-0.15, -0.1) is 0 Å². The van der Waals surface area contributed by atoms with E-state index in [1.807, 2.05) is 31.2 Å². The van der Waals surface area contributed by atoms with Crippen LogP contribution in [0.1, 0.15) is 70.2 Å². The van der Waals surface area contributed by atoms with Crippen LogP contribution in [0.3, 0.4) is 0 Å². The minimum absolute atomic E-state index is 0.00831. The second-order valence-electron chi connectivity index (χ2n) is 12.5. The van der Waals surface area contributed by atoms with Crippen LogP contribution in [0.15, 0.2) is 78.9 Å². The molecule has 0 bridgehead atoms. The zero-order valence-corrected chi connectivity index (χ0v) is 29.2. The van der Waals surface area contributed by atoms with E-state index in [4.69, 9.17) is 29.9 Å². The summed E-state index contributed by atoms with van der Waals surface area (Å²) in [5.74, 6) is 0.0609. The van der Waals surface area contributed by atoms with Crippen LogP contribution in [-0.4, -0.2) is 50.7 Å². The molecule has 0 fully saturated rings. The molecule has 11 heteroatoms. The lowest BCUT2D eigenvalue weighted by atomic mass is 9.98. The number of nitrogens with two attached hydrogens (primary N) is 1. The van der Waals surface area contributed by atoms with E-state index in [0.29, 0.717) is 35.7 Å². The third kappa shape index (κ3) is 9.32. The number of ether oxygens (including phenoxy) is 4. The van der Waals surface area contributed by atoms with E-state index in [0.717, 1.165) is 11.1 Å². The van der Waals surface area contributed by atoms with E-state index in [9.17, 15) is 14.4 Å². The minimum Gasteiger partial charge on any atom is -0.494 e. The molecule has 4 rings (SSSR count). The van der Waals surface area contributed by atoms with E-state index in [2.05, 4.69) is 11.4 Å². The number of anilines is 2. The van der Waals surface area contributed by atoms with Crippen molar-refractivity contribution in [1.29, 1.82) is 5.26 Å². The highest BCUT2D eigenvalue weighted by Gasteiger charge is 2.26. The van der Waals surface area contributed by atoms with Gasteiger partial charge in [-0.25, -0.2) is 4.79 Å². The van der Waals surface area contributed by atoms with Crippen molar-refractivity contribution in [2.45, 2.75) is 46.3 Å². The number of hydrogen-bond donors (Lipinski definition) is 2. The molecule has 0 unspecified atom stereocenters. The highest BCUT2D eigenvalue weighted by Crippen LogP contribution is 2.36. The van der Waals surface area contributed by atoms with Gasteiger partial charge in [-0.1, -0.05) is 30.3 Å². The fourth-order valence-electron chi connectivity index (χ4n) is 5.01. The van der Waals surface area contributed by atoms with Crippen LogP contribution in [-0.2, 0) is 11.3 Å². The van der Waals surface area contributed by atoms with Crippen molar-refractivity contribution in [3.05, 3.63) is 112 Å². The third-order valence-electron chi connectivity index (χ3n) is 7.51. The van der Waals surface area contributed by atoms with Crippen LogP contribution in [0.25, 0.3) is 0 Å². The normalized spacial score (nSPS) is 10.8. The summed E-state index contributed by atoms with van der Waals surface area (Å²) in [7, 11) is 3.00. The lowest BCUT2D eigenvalue weighted by Gasteiger charge is -2.23. The Kier molecular flexibility index (Phi) is 12.1. The number of alkyl carbamates (subject to hydrolysis) is 1. The Morgan fingerprint density at radius 2 is 1.60 bits per heavy atom. The molecule has 0 saturated heterocycles. The number of nitrogen functional groups attached to an aromatic ring is 1. The van der Waals surface area contributed by atoms with E-state index in [1.165, 1.54) is 24.1 Å². The maximum Gasteiger partial charge on any atom is 0.407 e. The van der Waals surface area contributed by atoms with Crippen molar-refractivity contribution in [3.63, 3.8) is 0 Å². The number of carbonyl (C=O) groups excluding carboxylic acids is 3. The third-order valence-corrected chi connectivity index (χ3v) is 7.51. The average molecular weight is 679 g/mol. The second-order valence-corrected chi connectivity index (χ2v) is 12.5. The first-order valence-corrected chi connectivity index (χ1v) is 16.0. The summed E-state index contributed by atoms with van der Waals surface area (Å²) < 4.78 is 22.9. The molecule has 50 heavy (non-hydrogen) atoms. The van der Waals surface area contributed by atoms with Crippen molar-refractivity contribution in [3.8, 4) is 23.3 Å². The van der Waals surface area contributed by atoms with Gasteiger partial charge in [-0.3, -0.25) is 9.59 Å². The topological polar surface area (TPSA) is 153 Å². The molecule has 0 aliphatic rings. The molecular weight excluding hydrogens is 636 g/mol. The predicted octanol–water partition coefficient (Wildman–Crippen LogP) is 6.84. The predicted molar refractivity (Wildman–Crippen MR) is 191 cm³/mol. The molecule has 0 aromatic heterocycles. The highest BCUT2D eigenvalue weighted by molar-refractivity contribution is 6.16. The number of amides is 2. The van der Waals surface area contributed by atoms with Crippen molar-refractivity contribution in [1.82, 2.24) is 5.32 Å². The molecule has 4 aromatic rings. The maximum atomic E-state index is 13.9. The van der Waals surface area contributed by atoms with Gasteiger partial charge in [-0.2, -0.15) is 5.26 Å². The number of para-hydroxylation sites is 1. The second kappa shape index (κ2) is 16.4. The monoisotopic (exact) mass is 678 g/mol. The fourth-order valence-corrected chi connectivity index (χ4v) is 5.01. The Bertz CT molecular complexity index is 1890. The molecule has 0 aliphatic heterocycles. The maximum absolute atomic E-state index is 13.9. The molecule has 0 spiro atoms. The molecule has 0 aliphatic carbocycles. The summed E-state index contributed by atoms with van der Waals surface area (Å²) in [6, 6.07) is 24.5. The van der Waals surface area contributed by atoms with Crippen molar-refractivity contribution in [2.75, 3.05) is 37.9 Å². The van der Waals surface area contributed by atoms with Gasteiger partial charge >= 0.3 is 6.09 Å². The lowest BCUT2D eigenvalue weighted by molar-refractivity contribution is 0.0525. The van der Waals surface area contributed by atoms with Crippen LogP contribution in [0.5, 0.6) is 17.2 Å². The molecule has 0 radical (unpaired) electrons. The Hall–Kier alpha value is -6.02. The average Bonchev–Trinajstić information content (AvgIpc) is 3.09. The number of aryl methyl sites for hydroxylation is 1. The van der Waals surface area contributed by atoms with Crippen LogP contribution < -0.4 is 30.2 Å². The summed E-state index contributed by atoms with van der Waals surface area (Å²) in [4.78, 5) is 41.0. The standard InChI is InChI=1S/C39H42N4O7/c1-25-12-19-31(33(22-25)49-24-27-15-13-26(23-40)14-16-27)43(5)37(45)29-17-18-30(36(47-6)34(29)41)35(44)28-10-7-8-11-32(28)48-21-9-20-42-38(46)50-39(2,3)4/h7-8,10-19,22H,9,20-21,24,41H2,1-6H3,(H,42,46). The number of ketones is 1. The van der Waals surface area contributed by atoms with Crippen LogP contribution >= 0.6 is 0 Å². The minimum atomic E-state index is -0.597. The summed E-state index contributed by atoms with van der Waals surface area (Å²) >= 11 is 0. The molecule has 2 amide bonds. The Morgan fingerprint density at radius 1 is 0.900 bits per heavy atom. The molecule has 260 valence electrons. The first-order chi connectivity index (χ1) is 23.8. The van der Waals surface area contributed by atoms with Gasteiger partial charge in [0, 0.05) is 13.6 Å². The van der Waals surface area contributed by atoms with E-state index >= 15 is 0 Å². The summed E-state index contributed by atoms with van der Waals surface area (Å²) in [5.41, 5.74) is 9.37. The smallest absolute Gasteiger partial charge is 0.407 e. The largest absolute Gasteiger partial charge is 0.494 e. The zero-order chi connectivity index (χ0) is 36.4. The fraction of sp³-hybridized carbons (Fsp3) is 0.282. The van der Waals surface area contributed by atoms with Gasteiger partial charge in [0.05, 0.1) is 53.4 Å². The number of rotatable bonds is 13. The van der Waals surface area contributed by atoms with Gasteiger partial charge in [-0.05, 0) is 93.8 Å². The van der Waals surface area contributed by atoms with Crippen LogP contribution in [0.4, 0.5) is 16.2 Å². The quantitative estimate of drug-likeness (QED) is 0.0879. The van der Waals surface area contributed by atoms with Gasteiger partial charge in [0.25, 0.3) is 5.91 Å². The Balaban J connectivity index is 1.50. The molecular formula is C39H42N4O7. The summed E-state index contributed by atoms with van der Waals surface area (Å²) in [6.07, 6.45) is -0.0378. The number of hydrogen-bond acceptors (Lipinski definition) is 9. The van der Waals surface area contributed by atoms with Gasteiger partial charge in [0.15, 0.2) is 5.75 Å². The van der Waals surface area contributed by atoms with Gasteiger partial charge in [0.2, 0.25) is 5.78 Å². The first kappa shape index (κ1) is 36.8. The van der Waals surface area contributed by atoms with Crippen molar-refractivity contribution in [2.24, 2.45) is 0 Å². The number of methoxy groups -OCH3 is 1. The van der Waals surface area contributed by atoms with E-state index in [-0.39, 0.29) is 41.3 Å². The van der Waals surface area contributed by atoms with Crippen molar-refractivity contribution < 1.29 is 33.3 Å². The van der Waals surface area contributed by atoms with Gasteiger partial charge in [0.1, 0.15) is 23.7 Å². The number of nitriles is 1. The van der Waals surface area contributed by atoms with E-state index < -0.39 is 23.4 Å². The zero-order valence-electron chi connectivity index (χ0n) is 29.2. The summed E-state index contributed by atoms with van der Waals surface area (Å²) in [5, 5.41) is 11.8. The van der Waals surface area contributed by atoms with Gasteiger partial charge < -0.3 is 34.9 Å². The number of nitrogens with zero attached hydrogens (tertiary/aromatic N) is 2.